The molecule has 22 heavy (non-hydrogen) atoms. The van der Waals surface area contributed by atoms with Crippen molar-refractivity contribution in [2.24, 2.45) is 0 Å². The van der Waals surface area contributed by atoms with Crippen molar-refractivity contribution >= 4 is 11.9 Å². The van der Waals surface area contributed by atoms with E-state index < -0.39 is 18.4 Å². The van der Waals surface area contributed by atoms with Crippen LogP contribution < -0.4 is 14.8 Å². The quantitative estimate of drug-likeness (QED) is 0.817. The molecule has 0 atom stereocenters. The molecule has 0 saturated carbocycles. The zero-order valence-electron chi connectivity index (χ0n) is 11.7. The Morgan fingerprint density at radius 3 is 2.14 bits per heavy atom. The van der Waals surface area contributed by atoms with Gasteiger partial charge in [-0.3, -0.25) is 9.59 Å². The highest BCUT2D eigenvalue weighted by Crippen LogP contribution is 2.23. The molecule has 0 aromatic heterocycles. The number of rotatable bonds is 7. The molecule has 0 radical (unpaired) electrons. The third-order valence-corrected chi connectivity index (χ3v) is 2.61. The number of aliphatic carboxylic acids is 1. The predicted octanol–water partition coefficient (Wildman–Crippen LogP) is 2.06. The summed E-state index contributed by atoms with van der Waals surface area (Å²) in [4.78, 5) is 21.6. The molecule has 0 bridgehead atoms. The lowest BCUT2D eigenvalue weighted by Gasteiger charge is -2.08. The van der Waals surface area contributed by atoms with E-state index in [1.807, 2.05) is 30.3 Å². The van der Waals surface area contributed by atoms with Gasteiger partial charge in [-0.15, -0.1) is 0 Å². The van der Waals surface area contributed by atoms with Gasteiger partial charge in [0.05, 0.1) is 0 Å². The van der Waals surface area contributed by atoms with E-state index in [1.54, 1.807) is 24.3 Å². The number of carboxylic acids is 1. The highest BCUT2D eigenvalue weighted by Gasteiger charge is 2.05. The van der Waals surface area contributed by atoms with Crippen molar-refractivity contribution in [1.29, 1.82) is 0 Å². The standard InChI is InChI=1S/C16H15NO5/c18-15(17-10-16(19)20)11-21-12-6-8-14(9-7-12)22-13-4-2-1-3-5-13/h1-9H,10-11H2,(H,17,18)(H,19,20). The van der Waals surface area contributed by atoms with Crippen molar-refractivity contribution in [3.8, 4) is 17.2 Å². The Morgan fingerprint density at radius 1 is 0.909 bits per heavy atom. The van der Waals surface area contributed by atoms with E-state index in [9.17, 15) is 9.59 Å². The summed E-state index contributed by atoms with van der Waals surface area (Å²) in [5, 5.41) is 10.6. The Labute approximate surface area is 127 Å². The van der Waals surface area contributed by atoms with Gasteiger partial charge in [0.25, 0.3) is 5.91 Å². The van der Waals surface area contributed by atoms with Crippen molar-refractivity contribution in [3.05, 3.63) is 54.6 Å². The minimum Gasteiger partial charge on any atom is -0.484 e. The van der Waals surface area contributed by atoms with E-state index in [1.165, 1.54) is 0 Å². The van der Waals surface area contributed by atoms with Crippen LogP contribution in [0.25, 0.3) is 0 Å². The van der Waals surface area contributed by atoms with Gasteiger partial charge in [0.1, 0.15) is 23.8 Å². The Hall–Kier alpha value is -3.02. The monoisotopic (exact) mass is 301 g/mol. The minimum atomic E-state index is -1.10. The van der Waals surface area contributed by atoms with Crippen molar-refractivity contribution in [2.75, 3.05) is 13.2 Å². The molecule has 6 nitrogen and oxygen atoms in total. The van der Waals surface area contributed by atoms with E-state index >= 15 is 0 Å². The van der Waals surface area contributed by atoms with Crippen LogP contribution in [0.15, 0.2) is 54.6 Å². The molecule has 2 aromatic carbocycles. The molecule has 0 aliphatic heterocycles. The van der Waals surface area contributed by atoms with E-state index in [0.717, 1.165) is 5.75 Å². The number of amides is 1. The third-order valence-electron chi connectivity index (χ3n) is 2.61. The molecule has 0 fully saturated rings. The van der Waals surface area contributed by atoms with Gasteiger partial charge in [0.2, 0.25) is 0 Å². The van der Waals surface area contributed by atoms with Crippen LogP contribution in [0.1, 0.15) is 0 Å². The number of hydrogen-bond acceptors (Lipinski definition) is 4. The molecular formula is C16H15NO5. The molecule has 6 heteroatoms. The van der Waals surface area contributed by atoms with Gasteiger partial charge in [-0.25, -0.2) is 0 Å². The summed E-state index contributed by atoms with van der Waals surface area (Å²) in [6, 6.07) is 16.1. The van der Waals surface area contributed by atoms with E-state index in [0.29, 0.717) is 11.5 Å². The van der Waals surface area contributed by atoms with Crippen LogP contribution >= 0.6 is 0 Å². The van der Waals surface area contributed by atoms with Gasteiger partial charge in [-0.2, -0.15) is 0 Å². The maximum atomic E-state index is 11.3. The normalized spacial score (nSPS) is 9.82. The maximum Gasteiger partial charge on any atom is 0.322 e. The Morgan fingerprint density at radius 2 is 1.50 bits per heavy atom. The lowest BCUT2D eigenvalue weighted by atomic mass is 10.3. The van der Waals surface area contributed by atoms with E-state index in [2.05, 4.69) is 5.32 Å². The summed E-state index contributed by atoms with van der Waals surface area (Å²) in [5.74, 6) is 0.270. The first kappa shape index (κ1) is 15.4. The van der Waals surface area contributed by atoms with Gasteiger partial charge >= 0.3 is 5.97 Å². The molecule has 0 saturated heterocycles. The molecular weight excluding hydrogens is 286 g/mol. The van der Waals surface area contributed by atoms with Crippen LogP contribution in [0.4, 0.5) is 0 Å². The average Bonchev–Trinajstić information content (AvgIpc) is 2.53. The van der Waals surface area contributed by atoms with Crippen LogP contribution in [0.2, 0.25) is 0 Å². The van der Waals surface area contributed by atoms with Gasteiger partial charge in [0, 0.05) is 0 Å². The fourth-order valence-electron chi connectivity index (χ4n) is 1.60. The number of hydrogen-bond donors (Lipinski definition) is 2. The Bertz CT molecular complexity index is 625. The smallest absolute Gasteiger partial charge is 0.322 e. The second kappa shape index (κ2) is 7.68. The molecule has 0 aliphatic carbocycles. The summed E-state index contributed by atoms with van der Waals surface area (Å²) in [5.41, 5.74) is 0. The molecule has 0 unspecified atom stereocenters. The molecule has 114 valence electrons. The largest absolute Gasteiger partial charge is 0.484 e. The summed E-state index contributed by atoms with van der Waals surface area (Å²) in [6.07, 6.45) is 0. The zero-order valence-corrected chi connectivity index (χ0v) is 11.7. The summed E-state index contributed by atoms with van der Waals surface area (Å²) in [6.45, 7) is -0.668. The van der Waals surface area contributed by atoms with Gasteiger partial charge in [-0.05, 0) is 36.4 Å². The maximum absolute atomic E-state index is 11.3. The van der Waals surface area contributed by atoms with Gasteiger partial charge < -0.3 is 19.9 Å². The molecule has 2 rings (SSSR count). The first-order valence-electron chi connectivity index (χ1n) is 6.58. The van der Waals surface area contributed by atoms with E-state index in [4.69, 9.17) is 14.6 Å². The SMILES string of the molecule is O=C(O)CNC(=O)COc1ccc(Oc2ccccc2)cc1. The molecule has 0 heterocycles. The van der Waals surface area contributed by atoms with Crippen molar-refractivity contribution in [3.63, 3.8) is 0 Å². The van der Waals surface area contributed by atoms with Crippen molar-refractivity contribution < 1.29 is 24.2 Å². The van der Waals surface area contributed by atoms with Crippen LogP contribution in [0, 0.1) is 0 Å². The molecule has 0 aliphatic rings. The zero-order chi connectivity index (χ0) is 15.8. The number of carbonyl (C=O) groups is 2. The lowest BCUT2D eigenvalue weighted by Crippen LogP contribution is -2.33. The van der Waals surface area contributed by atoms with Gasteiger partial charge in [-0.1, -0.05) is 18.2 Å². The van der Waals surface area contributed by atoms with Gasteiger partial charge in [0.15, 0.2) is 6.61 Å². The summed E-state index contributed by atoms with van der Waals surface area (Å²) >= 11 is 0. The number of carboxylic acid groups (broad SMARTS) is 1. The number of ether oxygens (including phenoxy) is 2. The number of benzene rings is 2. The lowest BCUT2D eigenvalue weighted by molar-refractivity contribution is -0.138. The highest BCUT2D eigenvalue weighted by molar-refractivity contribution is 5.82. The fourth-order valence-corrected chi connectivity index (χ4v) is 1.60. The van der Waals surface area contributed by atoms with Crippen molar-refractivity contribution in [2.45, 2.75) is 0 Å². The number of nitrogens with one attached hydrogen (secondary N) is 1. The molecule has 2 aromatic rings. The predicted molar refractivity (Wildman–Crippen MR) is 79.1 cm³/mol. The minimum absolute atomic E-state index is 0.244. The highest BCUT2D eigenvalue weighted by atomic mass is 16.5. The van der Waals surface area contributed by atoms with Crippen LogP contribution in [-0.2, 0) is 9.59 Å². The third kappa shape index (κ3) is 5.16. The Balaban J connectivity index is 1.82. The molecule has 2 N–H and O–H groups in total. The van der Waals surface area contributed by atoms with Crippen LogP contribution in [-0.4, -0.2) is 30.1 Å². The second-order valence-electron chi connectivity index (χ2n) is 4.35. The average molecular weight is 301 g/mol. The number of para-hydroxylation sites is 1. The molecule has 0 spiro atoms. The molecule has 1 amide bonds. The summed E-state index contributed by atoms with van der Waals surface area (Å²) in [7, 11) is 0. The van der Waals surface area contributed by atoms with Crippen molar-refractivity contribution in [1.82, 2.24) is 5.32 Å². The topological polar surface area (TPSA) is 84.9 Å². The van der Waals surface area contributed by atoms with E-state index in [-0.39, 0.29) is 6.61 Å². The first-order chi connectivity index (χ1) is 10.6. The number of carbonyl (C=O) groups excluding carboxylic acids is 1. The van der Waals surface area contributed by atoms with Crippen LogP contribution in [0.5, 0.6) is 17.2 Å². The second-order valence-corrected chi connectivity index (χ2v) is 4.35. The van der Waals surface area contributed by atoms with Crippen LogP contribution in [0.3, 0.4) is 0 Å². The first-order valence-corrected chi connectivity index (χ1v) is 6.58. The fraction of sp³-hybridized carbons (Fsp3) is 0.125. The summed E-state index contributed by atoms with van der Waals surface area (Å²) < 4.78 is 10.9. The Kier molecular flexibility index (Phi) is 5.37.